The molecule has 2 aliphatic rings. The van der Waals surface area contributed by atoms with E-state index in [9.17, 15) is 14.4 Å². The molecule has 32 heavy (non-hydrogen) atoms. The molecule has 1 aliphatic heterocycles. The quantitative estimate of drug-likeness (QED) is 0.708. The van der Waals surface area contributed by atoms with Crippen molar-refractivity contribution in [3.8, 4) is 0 Å². The lowest BCUT2D eigenvalue weighted by atomic mass is 10.1. The van der Waals surface area contributed by atoms with Crippen molar-refractivity contribution in [2.45, 2.75) is 64.0 Å². The Kier molecular flexibility index (Phi) is 6.99. The Bertz CT molecular complexity index is 1040. The molecule has 7 heteroatoms. The van der Waals surface area contributed by atoms with Gasteiger partial charge in [-0.15, -0.1) is 0 Å². The van der Waals surface area contributed by atoms with Gasteiger partial charge in [0.1, 0.15) is 11.1 Å². The number of pyridine rings is 1. The number of hydrogen-bond donors (Lipinski definition) is 1. The fourth-order valence-electron chi connectivity index (χ4n) is 4.70. The molecule has 0 spiro atoms. The van der Waals surface area contributed by atoms with Crippen LogP contribution in [0.25, 0.3) is 0 Å². The van der Waals surface area contributed by atoms with Crippen LogP contribution in [0, 0.1) is 0 Å². The molecule has 1 aromatic carbocycles. The van der Waals surface area contributed by atoms with Crippen LogP contribution >= 0.6 is 11.6 Å². The van der Waals surface area contributed by atoms with Crippen LogP contribution in [0.5, 0.6) is 0 Å². The summed E-state index contributed by atoms with van der Waals surface area (Å²) in [6, 6.07) is 7.14. The monoisotopic (exact) mass is 455 g/mol. The molecular formula is C25H30ClN3O3. The molecule has 2 amide bonds. The molecule has 2 heterocycles. The van der Waals surface area contributed by atoms with Crippen molar-refractivity contribution in [1.29, 1.82) is 0 Å². The van der Waals surface area contributed by atoms with Gasteiger partial charge in [0.2, 0.25) is 5.43 Å². The number of rotatable bonds is 5. The van der Waals surface area contributed by atoms with E-state index in [-0.39, 0.29) is 29.1 Å². The molecule has 1 saturated heterocycles. The van der Waals surface area contributed by atoms with E-state index in [1.807, 2.05) is 23.6 Å². The van der Waals surface area contributed by atoms with Crippen molar-refractivity contribution in [3.63, 3.8) is 0 Å². The highest BCUT2D eigenvalue weighted by Gasteiger charge is 2.27. The lowest BCUT2D eigenvalue weighted by Gasteiger charge is -2.27. The molecule has 0 unspecified atom stereocenters. The van der Waals surface area contributed by atoms with Crippen LogP contribution in [0.4, 0.5) is 0 Å². The highest BCUT2D eigenvalue weighted by molar-refractivity contribution is 6.30. The Morgan fingerprint density at radius 2 is 1.59 bits per heavy atom. The molecule has 0 radical (unpaired) electrons. The number of amides is 2. The lowest BCUT2D eigenvalue weighted by Crippen LogP contribution is -2.40. The summed E-state index contributed by atoms with van der Waals surface area (Å²) in [5.41, 5.74) is 0.529. The van der Waals surface area contributed by atoms with Crippen LogP contribution < -0.4 is 10.7 Å². The number of aromatic nitrogens is 1. The van der Waals surface area contributed by atoms with E-state index in [4.69, 9.17) is 11.6 Å². The van der Waals surface area contributed by atoms with Gasteiger partial charge in [-0.3, -0.25) is 14.4 Å². The van der Waals surface area contributed by atoms with E-state index in [1.54, 1.807) is 29.4 Å². The fraction of sp³-hybridized carbons (Fsp3) is 0.480. The summed E-state index contributed by atoms with van der Waals surface area (Å²) in [5.74, 6) is -0.723. The SMILES string of the molecule is C[C@@H](NC(=O)c1cn(C2CCCC2)cc(C(=O)N2CCCCC2)c1=O)c1ccc(Cl)cc1. The van der Waals surface area contributed by atoms with Crippen LogP contribution in [0.3, 0.4) is 0 Å². The first kappa shape index (κ1) is 22.6. The summed E-state index contributed by atoms with van der Waals surface area (Å²) >= 11 is 5.96. The van der Waals surface area contributed by atoms with Crippen LogP contribution in [0.15, 0.2) is 41.5 Å². The zero-order chi connectivity index (χ0) is 22.7. The van der Waals surface area contributed by atoms with E-state index in [2.05, 4.69) is 5.32 Å². The minimum atomic E-state index is -0.490. The van der Waals surface area contributed by atoms with Crippen molar-refractivity contribution in [2.75, 3.05) is 13.1 Å². The maximum Gasteiger partial charge on any atom is 0.259 e. The molecule has 1 saturated carbocycles. The van der Waals surface area contributed by atoms with Gasteiger partial charge in [-0.05, 0) is 56.7 Å². The topological polar surface area (TPSA) is 71.4 Å². The van der Waals surface area contributed by atoms with Gasteiger partial charge in [0.15, 0.2) is 0 Å². The van der Waals surface area contributed by atoms with Crippen molar-refractivity contribution in [1.82, 2.24) is 14.8 Å². The van der Waals surface area contributed by atoms with E-state index in [1.165, 1.54) is 0 Å². The summed E-state index contributed by atoms with van der Waals surface area (Å²) in [4.78, 5) is 41.4. The molecule has 2 aromatic rings. The zero-order valence-corrected chi connectivity index (χ0v) is 19.2. The third kappa shape index (κ3) is 4.90. The Labute approximate surface area is 193 Å². The number of nitrogens with zero attached hydrogens (tertiary/aromatic N) is 2. The molecule has 1 aliphatic carbocycles. The number of likely N-dealkylation sites (tertiary alicyclic amines) is 1. The second-order valence-electron chi connectivity index (χ2n) is 8.90. The maximum atomic E-state index is 13.3. The molecule has 170 valence electrons. The fourth-order valence-corrected chi connectivity index (χ4v) is 4.83. The Hall–Kier alpha value is -2.60. The molecule has 0 bridgehead atoms. The highest BCUT2D eigenvalue weighted by Crippen LogP contribution is 2.29. The van der Waals surface area contributed by atoms with Crippen LogP contribution in [-0.2, 0) is 0 Å². The van der Waals surface area contributed by atoms with Gasteiger partial charge in [-0.2, -0.15) is 0 Å². The first-order valence-corrected chi connectivity index (χ1v) is 11.9. The second-order valence-corrected chi connectivity index (χ2v) is 9.34. The van der Waals surface area contributed by atoms with Gasteiger partial charge < -0.3 is 14.8 Å². The van der Waals surface area contributed by atoms with E-state index in [0.29, 0.717) is 18.1 Å². The van der Waals surface area contributed by atoms with E-state index in [0.717, 1.165) is 50.5 Å². The maximum absolute atomic E-state index is 13.3. The number of piperidine rings is 1. The zero-order valence-electron chi connectivity index (χ0n) is 18.5. The summed E-state index contributed by atoms with van der Waals surface area (Å²) in [6.45, 7) is 3.18. The van der Waals surface area contributed by atoms with Crippen molar-refractivity contribution in [2.24, 2.45) is 0 Å². The summed E-state index contributed by atoms with van der Waals surface area (Å²) < 4.78 is 1.92. The predicted octanol–water partition coefficient (Wildman–Crippen LogP) is 4.73. The van der Waals surface area contributed by atoms with Gasteiger partial charge in [0.05, 0.1) is 6.04 Å². The number of carbonyl (C=O) groups excluding carboxylic acids is 2. The molecule has 2 fully saturated rings. The van der Waals surface area contributed by atoms with Gasteiger partial charge in [0.25, 0.3) is 11.8 Å². The normalized spacial score (nSPS) is 17.9. The molecule has 6 nitrogen and oxygen atoms in total. The van der Waals surface area contributed by atoms with Crippen LogP contribution in [0.1, 0.15) is 90.2 Å². The average molecular weight is 456 g/mol. The Morgan fingerprint density at radius 1 is 0.969 bits per heavy atom. The van der Waals surface area contributed by atoms with Gasteiger partial charge in [-0.25, -0.2) is 0 Å². The van der Waals surface area contributed by atoms with E-state index >= 15 is 0 Å². The standard InChI is InChI=1S/C25H30ClN3O3/c1-17(18-9-11-19(26)12-10-18)27-24(31)21-15-29(20-7-3-4-8-20)16-22(23(21)30)25(32)28-13-5-2-6-14-28/h9-12,15-17,20H,2-8,13-14H2,1H3,(H,27,31)/t17-/m1/s1. The molecular weight excluding hydrogens is 426 g/mol. The first-order chi connectivity index (χ1) is 15.4. The second kappa shape index (κ2) is 9.90. The minimum absolute atomic E-state index is 0.0283. The Morgan fingerprint density at radius 3 is 2.25 bits per heavy atom. The molecule has 1 atom stereocenters. The number of hydrogen-bond acceptors (Lipinski definition) is 3. The van der Waals surface area contributed by atoms with Crippen LogP contribution in [-0.4, -0.2) is 34.4 Å². The molecule has 1 aromatic heterocycles. The lowest BCUT2D eigenvalue weighted by molar-refractivity contribution is 0.0722. The Balaban J connectivity index is 1.65. The summed E-state index contributed by atoms with van der Waals surface area (Å²) in [6.07, 6.45) is 10.5. The molecule has 1 N–H and O–H groups in total. The smallest absolute Gasteiger partial charge is 0.259 e. The van der Waals surface area contributed by atoms with Gasteiger partial charge in [0, 0.05) is 36.5 Å². The average Bonchev–Trinajstić information content (AvgIpc) is 3.34. The van der Waals surface area contributed by atoms with Crippen molar-refractivity contribution < 1.29 is 9.59 Å². The largest absolute Gasteiger partial charge is 0.349 e. The molecule has 4 rings (SSSR count). The predicted molar refractivity (Wildman–Crippen MR) is 125 cm³/mol. The van der Waals surface area contributed by atoms with Gasteiger partial charge in [-0.1, -0.05) is 36.6 Å². The summed E-state index contributed by atoms with van der Waals surface area (Å²) in [5, 5.41) is 3.54. The first-order valence-electron chi connectivity index (χ1n) is 11.6. The van der Waals surface area contributed by atoms with Gasteiger partial charge >= 0.3 is 0 Å². The number of benzene rings is 1. The minimum Gasteiger partial charge on any atom is -0.349 e. The van der Waals surface area contributed by atoms with Crippen molar-refractivity contribution in [3.05, 3.63) is 68.6 Å². The van der Waals surface area contributed by atoms with E-state index < -0.39 is 11.3 Å². The number of carbonyl (C=O) groups is 2. The highest BCUT2D eigenvalue weighted by atomic mass is 35.5. The van der Waals surface area contributed by atoms with Crippen LogP contribution in [0.2, 0.25) is 5.02 Å². The third-order valence-corrected chi connectivity index (χ3v) is 6.88. The third-order valence-electron chi connectivity index (χ3n) is 6.63. The number of nitrogens with one attached hydrogen (secondary N) is 1. The van der Waals surface area contributed by atoms with Crippen molar-refractivity contribution >= 4 is 23.4 Å². The number of halogens is 1. The summed E-state index contributed by atoms with van der Waals surface area (Å²) in [7, 11) is 0.